The first-order valence-electron chi connectivity index (χ1n) is 5.67. The number of aryl methyl sites for hydroxylation is 1. The molecule has 1 aromatic rings. The van der Waals surface area contributed by atoms with E-state index in [1.54, 1.807) is 11.3 Å². The topological polar surface area (TPSA) is 65.2 Å². The van der Waals surface area contributed by atoms with E-state index in [0.717, 1.165) is 19.3 Å². The van der Waals surface area contributed by atoms with Crippen molar-refractivity contribution in [3.05, 3.63) is 15.6 Å². The van der Waals surface area contributed by atoms with Crippen LogP contribution in [0.5, 0.6) is 0 Å². The van der Waals surface area contributed by atoms with Crippen LogP contribution in [0.25, 0.3) is 0 Å². The highest BCUT2D eigenvalue weighted by molar-refractivity contribution is 7.11. The molecule has 0 saturated heterocycles. The molecule has 1 aromatic heterocycles. The molecule has 1 unspecified atom stereocenters. The normalized spacial score (nSPS) is 23.9. The van der Waals surface area contributed by atoms with E-state index in [0.29, 0.717) is 5.92 Å². The van der Waals surface area contributed by atoms with Crippen molar-refractivity contribution in [1.82, 2.24) is 4.98 Å². The Morgan fingerprint density at radius 1 is 1.44 bits per heavy atom. The fourth-order valence-electron chi connectivity index (χ4n) is 2.13. The van der Waals surface area contributed by atoms with Crippen LogP contribution in [-0.2, 0) is 17.6 Å². The zero-order chi connectivity index (χ0) is 11.1. The second kappa shape index (κ2) is 3.73. The monoisotopic (exact) mass is 238 g/mol. The standard InChI is InChI=1S/C11H14N2O2S/c12-11(14)15-7-3-4-8-9(5-7)16-10(13-8)6-1-2-6/h6-7H,1-5H2,(H2,12,14). The van der Waals surface area contributed by atoms with E-state index >= 15 is 0 Å². The Kier molecular flexibility index (Phi) is 2.35. The highest BCUT2D eigenvalue weighted by atomic mass is 32.1. The molecule has 2 aliphatic carbocycles. The van der Waals surface area contributed by atoms with Crippen molar-refractivity contribution in [2.45, 2.75) is 44.1 Å². The van der Waals surface area contributed by atoms with Crippen LogP contribution in [0.15, 0.2) is 0 Å². The van der Waals surface area contributed by atoms with Gasteiger partial charge in [0.15, 0.2) is 0 Å². The Morgan fingerprint density at radius 2 is 2.25 bits per heavy atom. The number of fused-ring (bicyclic) bond motifs is 1. The van der Waals surface area contributed by atoms with Crippen molar-refractivity contribution in [1.29, 1.82) is 0 Å². The van der Waals surface area contributed by atoms with E-state index < -0.39 is 6.09 Å². The second-order valence-corrected chi connectivity index (χ2v) is 5.61. The summed E-state index contributed by atoms with van der Waals surface area (Å²) >= 11 is 1.79. The molecule has 86 valence electrons. The SMILES string of the molecule is NC(=O)OC1CCc2nc(C3CC3)sc2C1. The van der Waals surface area contributed by atoms with Crippen LogP contribution in [-0.4, -0.2) is 17.2 Å². The Hall–Kier alpha value is -1.10. The largest absolute Gasteiger partial charge is 0.446 e. The van der Waals surface area contributed by atoms with Crippen molar-refractivity contribution < 1.29 is 9.53 Å². The van der Waals surface area contributed by atoms with Gasteiger partial charge in [0.2, 0.25) is 0 Å². The van der Waals surface area contributed by atoms with E-state index in [-0.39, 0.29) is 6.10 Å². The van der Waals surface area contributed by atoms with Gasteiger partial charge in [-0.25, -0.2) is 9.78 Å². The fraction of sp³-hybridized carbons (Fsp3) is 0.636. The van der Waals surface area contributed by atoms with Gasteiger partial charge in [-0.15, -0.1) is 11.3 Å². The first-order valence-corrected chi connectivity index (χ1v) is 6.48. The van der Waals surface area contributed by atoms with E-state index in [1.807, 2.05) is 0 Å². The minimum atomic E-state index is -0.666. The number of ether oxygens (including phenoxy) is 1. The quantitative estimate of drug-likeness (QED) is 0.856. The Labute approximate surface area is 97.8 Å². The number of hydrogen-bond donors (Lipinski definition) is 1. The van der Waals surface area contributed by atoms with E-state index in [4.69, 9.17) is 10.5 Å². The highest BCUT2D eigenvalue weighted by Crippen LogP contribution is 2.43. The Balaban J connectivity index is 1.74. The minimum absolute atomic E-state index is 0.0440. The summed E-state index contributed by atoms with van der Waals surface area (Å²) in [5, 5.41) is 1.28. The van der Waals surface area contributed by atoms with Gasteiger partial charge in [-0.2, -0.15) is 0 Å². The minimum Gasteiger partial charge on any atom is -0.446 e. The number of amides is 1. The first-order chi connectivity index (χ1) is 7.72. The number of nitrogens with zero attached hydrogens (tertiary/aromatic N) is 1. The third-order valence-electron chi connectivity index (χ3n) is 3.12. The lowest BCUT2D eigenvalue weighted by Gasteiger charge is -2.20. The average molecular weight is 238 g/mol. The third-order valence-corrected chi connectivity index (χ3v) is 4.40. The van der Waals surface area contributed by atoms with Crippen LogP contribution in [0.4, 0.5) is 4.79 Å². The third kappa shape index (κ3) is 1.91. The van der Waals surface area contributed by atoms with E-state index in [1.165, 1.54) is 28.4 Å². The molecule has 0 spiro atoms. The van der Waals surface area contributed by atoms with Crippen molar-refractivity contribution in [2.24, 2.45) is 5.73 Å². The summed E-state index contributed by atoms with van der Waals surface area (Å²) in [6, 6.07) is 0. The predicted octanol–water partition coefficient (Wildman–Crippen LogP) is 1.97. The van der Waals surface area contributed by atoms with E-state index in [9.17, 15) is 4.79 Å². The van der Waals surface area contributed by atoms with E-state index in [2.05, 4.69) is 4.98 Å². The number of nitrogens with two attached hydrogens (primary N) is 1. The molecule has 1 fully saturated rings. The maximum Gasteiger partial charge on any atom is 0.404 e. The number of hydrogen-bond acceptors (Lipinski definition) is 4. The molecular formula is C11H14N2O2S. The zero-order valence-electron chi connectivity index (χ0n) is 8.94. The maximum absolute atomic E-state index is 10.7. The van der Waals surface area contributed by atoms with Crippen LogP contribution >= 0.6 is 11.3 Å². The molecular weight excluding hydrogens is 224 g/mol. The molecule has 1 saturated carbocycles. The summed E-state index contributed by atoms with van der Waals surface area (Å²) < 4.78 is 5.05. The van der Waals surface area contributed by atoms with Gasteiger partial charge >= 0.3 is 6.09 Å². The smallest absolute Gasteiger partial charge is 0.404 e. The molecule has 16 heavy (non-hydrogen) atoms. The van der Waals surface area contributed by atoms with Gasteiger partial charge in [-0.3, -0.25) is 0 Å². The molecule has 0 radical (unpaired) electrons. The summed E-state index contributed by atoms with van der Waals surface area (Å²) in [5.74, 6) is 0.714. The predicted molar refractivity (Wildman–Crippen MR) is 60.6 cm³/mol. The van der Waals surface area contributed by atoms with Gasteiger partial charge in [0.1, 0.15) is 6.10 Å². The number of rotatable bonds is 2. The van der Waals surface area contributed by atoms with Gasteiger partial charge in [0, 0.05) is 17.2 Å². The number of thiazole rings is 1. The summed E-state index contributed by atoms with van der Waals surface area (Å²) in [7, 11) is 0. The lowest BCUT2D eigenvalue weighted by atomic mass is 10.0. The Morgan fingerprint density at radius 3 is 2.94 bits per heavy atom. The summed E-state index contributed by atoms with van der Waals surface area (Å²) in [5.41, 5.74) is 6.25. The van der Waals surface area contributed by atoms with Crippen molar-refractivity contribution in [3.8, 4) is 0 Å². The molecule has 0 bridgehead atoms. The number of carbonyl (C=O) groups is 1. The molecule has 5 heteroatoms. The number of carbonyl (C=O) groups excluding carboxylic acids is 1. The van der Waals surface area contributed by atoms with Gasteiger partial charge in [-0.1, -0.05) is 0 Å². The number of primary amides is 1. The lowest BCUT2D eigenvalue weighted by molar-refractivity contribution is 0.0983. The van der Waals surface area contributed by atoms with Crippen molar-refractivity contribution in [2.75, 3.05) is 0 Å². The number of aromatic nitrogens is 1. The van der Waals surface area contributed by atoms with Crippen LogP contribution in [0.1, 0.15) is 40.8 Å². The summed E-state index contributed by atoms with van der Waals surface area (Å²) in [4.78, 5) is 16.7. The van der Waals surface area contributed by atoms with Gasteiger partial charge in [0.05, 0.1) is 10.7 Å². The second-order valence-electron chi connectivity index (χ2n) is 4.50. The average Bonchev–Trinajstić information content (AvgIpc) is 2.98. The molecule has 1 heterocycles. The Bertz CT molecular complexity index is 426. The van der Waals surface area contributed by atoms with Crippen LogP contribution in [0.3, 0.4) is 0 Å². The molecule has 1 atom stereocenters. The molecule has 2 N–H and O–H groups in total. The van der Waals surface area contributed by atoms with Crippen molar-refractivity contribution >= 4 is 17.4 Å². The van der Waals surface area contributed by atoms with Gasteiger partial charge in [0.25, 0.3) is 0 Å². The highest BCUT2D eigenvalue weighted by Gasteiger charge is 2.31. The fourth-order valence-corrected chi connectivity index (χ4v) is 3.48. The van der Waals surface area contributed by atoms with Crippen molar-refractivity contribution in [3.63, 3.8) is 0 Å². The molecule has 4 nitrogen and oxygen atoms in total. The van der Waals surface area contributed by atoms with Crippen LogP contribution < -0.4 is 5.73 Å². The lowest BCUT2D eigenvalue weighted by Crippen LogP contribution is -2.27. The molecule has 2 aliphatic rings. The molecule has 0 aromatic carbocycles. The maximum atomic E-state index is 10.7. The van der Waals surface area contributed by atoms with Gasteiger partial charge < -0.3 is 10.5 Å². The summed E-state index contributed by atoms with van der Waals surface area (Å²) in [6.45, 7) is 0. The van der Waals surface area contributed by atoms with Crippen LogP contribution in [0, 0.1) is 0 Å². The van der Waals surface area contributed by atoms with Crippen LogP contribution in [0.2, 0.25) is 0 Å². The first kappa shape index (κ1) is 10.1. The summed E-state index contributed by atoms with van der Waals surface area (Å²) in [6.07, 6.45) is 4.42. The molecule has 1 amide bonds. The van der Waals surface area contributed by atoms with Gasteiger partial charge in [-0.05, 0) is 25.7 Å². The molecule has 0 aliphatic heterocycles. The zero-order valence-corrected chi connectivity index (χ0v) is 9.76. The molecule has 3 rings (SSSR count).